The molecule has 0 fully saturated rings. The van der Waals surface area contributed by atoms with E-state index in [9.17, 15) is 0 Å². The second kappa shape index (κ2) is 6.63. The Kier molecular flexibility index (Phi) is 4.60. The quantitative estimate of drug-likeness (QED) is 0.377. The summed E-state index contributed by atoms with van der Waals surface area (Å²) in [6, 6.07) is 31.0. The van der Waals surface area contributed by atoms with E-state index >= 15 is 0 Å². The minimum atomic E-state index is -2.00. The van der Waals surface area contributed by atoms with Gasteiger partial charge in [0.05, 0.1) is 0 Å². The molecule has 0 N–H and O–H groups in total. The van der Waals surface area contributed by atoms with Crippen LogP contribution in [0.1, 0.15) is 5.56 Å². The molecular weight excluding hydrogens is 348 g/mol. The van der Waals surface area contributed by atoms with Crippen LogP contribution >= 0.6 is 15.9 Å². The van der Waals surface area contributed by atoms with E-state index in [0.717, 1.165) is 4.95 Å². The maximum absolute atomic E-state index is 3.86. The topological polar surface area (TPSA) is 0 Å². The van der Waals surface area contributed by atoms with Gasteiger partial charge in [0.25, 0.3) is 0 Å². The molecule has 0 aromatic heterocycles. The van der Waals surface area contributed by atoms with Crippen molar-refractivity contribution < 1.29 is 0 Å². The predicted octanol–water partition coefficient (Wildman–Crippen LogP) is 3.40. The monoisotopic (exact) mass is 366 g/mol. The molecule has 0 radical (unpaired) electrons. The van der Waals surface area contributed by atoms with E-state index in [2.05, 4.69) is 108 Å². The normalized spacial score (nSPS) is 11.4. The lowest BCUT2D eigenvalue weighted by molar-refractivity contribution is 1.48. The van der Waals surface area contributed by atoms with Crippen LogP contribution in [0.4, 0.5) is 0 Å². The predicted molar refractivity (Wildman–Crippen MR) is 103 cm³/mol. The lowest BCUT2D eigenvalue weighted by Gasteiger charge is -2.32. The molecule has 110 valence electrons. The van der Waals surface area contributed by atoms with Crippen molar-refractivity contribution in [3.05, 3.63) is 90.5 Å². The third-order valence-corrected chi connectivity index (χ3v) is 11.2. The number of alkyl halides is 1. The zero-order valence-electron chi connectivity index (χ0n) is 12.7. The Morgan fingerprint density at radius 3 is 1.45 bits per heavy atom. The van der Waals surface area contributed by atoms with Crippen LogP contribution in [0.3, 0.4) is 0 Å². The van der Waals surface area contributed by atoms with Crippen molar-refractivity contribution in [2.75, 3.05) is 4.95 Å². The van der Waals surface area contributed by atoms with Gasteiger partial charge in [-0.1, -0.05) is 106 Å². The largest absolute Gasteiger partial charge is 0.158 e. The highest BCUT2D eigenvalue weighted by molar-refractivity contribution is 9.09. The minimum Gasteiger partial charge on any atom is -0.0951 e. The molecule has 0 saturated heterocycles. The van der Waals surface area contributed by atoms with E-state index in [1.54, 1.807) is 0 Å². The van der Waals surface area contributed by atoms with Crippen LogP contribution in [-0.4, -0.2) is 13.0 Å². The fourth-order valence-corrected chi connectivity index (χ4v) is 9.65. The van der Waals surface area contributed by atoms with Gasteiger partial charge >= 0.3 is 0 Å². The van der Waals surface area contributed by atoms with Crippen LogP contribution in [0.5, 0.6) is 0 Å². The molecule has 0 saturated carbocycles. The summed E-state index contributed by atoms with van der Waals surface area (Å²) in [7, 11) is -2.00. The van der Waals surface area contributed by atoms with Crippen LogP contribution in [0.2, 0.25) is 0 Å². The average molecular weight is 367 g/mol. The third-order valence-electron chi connectivity index (χ3n) is 4.28. The van der Waals surface area contributed by atoms with Gasteiger partial charge in [-0.25, -0.2) is 0 Å². The van der Waals surface area contributed by atoms with E-state index in [1.165, 1.54) is 21.1 Å². The van der Waals surface area contributed by atoms with Gasteiger partial charge in [-0.2, -0.15) is 0 Å². The van der Waals surface area contributed by atoms with Gasteiger partial charge in [0.15, 0.2) is 8.07 Å². The molecule has 0 heterocycles. The molecule has 3 aromatic carbocycles. The highest BCUT2D eigenvalue weighted by Gasteiger charge is 2.37. The van der Waals surface area contributed by atoms with Crippen molar-refractivity contribution in [2.45, 2.75) is 6.92 Å². The van der Waals surface area contributed by atoms with Crippen molar-refractivity contribution in [2.24, 2.45) is 0 Å². The Bertz CT molecular complexity index is 681. The molecule has 0 aliphatic rings. The van der Waals surface area contributed by atoms with Crippen molar-refractivity contribution in [1.82, 2.24) is 0 Å². The molecule has 0 bridgehead atoms. The fourth-order valence-electron chi connectivity index (χ4n) is 3.01. The molecule has 0 amide bonds. The Balaban J connectivity index is 2.28. The van der Waals surface area contributed by atoms with E-state index in [0.29, 0.717) is 0 Å². The van der Waals surface area contributed by atoms with Gasteiger partial charge in [0, 0.05) is 4.95 Å². The number of halogens is 1. The maximum atomic E-state index is 3.86. The summed E-state index contributed by atoms with van der Waals surface area (Å²) in [4.78, 5) is 0.983. The molecular formula is C20H19BrSi. The van der Waals surface area contributed by atoms with Crippen molar-refractivity contribution in [1.29, 1.82) is 0 Å². The molecule has 0 nitrogen and oxygen atoms in total. The SMILES string of the molecule is Cc1ccc([Si](CBr)(c2ccccc2)c2ccccc2)cc1. The maximum Gasteiger partial charge on any atom is 0.158 e. The second-order valence-corrected chi connectivity index (χ2v) is 11.1. The van der Waals surface area contributed by atoms with Crippen molar-refractivity contribution >= 4 is 39.6 Å². The second-order valence-electron chi connectivity index (χ2n) is 5.64. The number of rotatable bonds is 4. The molecule has 3 aromatic rings. The summed E-state index contributed by atoms with van der Waals surface area (Å²) in [5.74, 6) is 0. The van der Waals surface area contributed by atoms with Gasteiger partial charge in [-0.15, -0.1) is 0 Å². The van der Waals surface area contributed by atoms with E-state index in [-0.39, 0.29) is 0 Å². The highest BCUT2D eigenvalue weighted by Crippen LogP contribution is 2.11. The van der Waals surface area contributed by atoms with Gasteiger partial charge in [0.2, 0.25) is 0 Å². The average Bonchev–Trinajstić information content (AvgIpc) is 2.59. The summed E-state index contributed by atoms with van der Waals surface area (Å²) in [5.41, 5.74) is 1.31. The summed E-state index contributed by atoms with van der Waals surface area (Å²) in [6.07, 6.45) is 0. The van der Waals surface area contributed by atoms with Gasteiger partial charge < -0.3 is 0 Å². The van der Waals surface area contributed by atoms with Crippen LogP contribution in [0.25, 0.3) is 0 Å². The fraction of sp³-hybridized carbons (Fsp3) is 0.100. The number of benzene rings is 3. The lowest BCUT2D eigenvalue weighted by Crippen LogP contribution is -2.68. The van der Waals surface area contributed by atoms with Crippen LogP contribution < -0.4 is 15.6 Å². The van der Waals surface area contributed by atoms with Crippen LogP contribution in [-0.2, 0) is 0 Å². The first-order chi connectivity index (χ1) is 10.8. The molecule has 0 unspecified atom stereocenters. The Morgan fingerprint density at radius 1 is 0.636 bits per heavy atom. The number of hydrogen-bond acceptors (Lipinski definition) is 0. The Hall–Kier alpha value is -1.64. The standard InChI is InChI=1S/C20H19BrSi/c1-17-12-14-20(15-13-17)22(16-21,18-8-4-2-5-9-18)19-10-6-3-7-11-19/h2-15H,16H2,1H3. The summed E-state index contributed by atoms with van der Waals surface area (Å²) in [5, 5.41) is 4.34. The van der Waals surface area contributed by atoms with Gasteiger partial charge in [-0.3, -0.25) is 0 Å². The molecule has 0 spiro atoms. The number of hydrogen-bond donors (Lipinski definition) is 0. The summed E-state index contributed by atoms with van der Waals surface area (Å²) >= 11 is 3.86. The van der Waals surface area contributed by atoms with Crippen LogP contribution in [0, 0.1) is 6.92 Å². The third kappa shape index (κ3) is 2.69. The summed E-state index contributed by atoms with van der Waals surface area (Å²) < 4.78 is 0. The molecule has 2 heteroatoms. The molecule has 0 atom stereocenters. The van der Waals surface area contributed by atoms with E-state index < -0.39 is 8.07 Å². The molecule has 0 aliphatic heterocycles. The lowest BCUT2D eigenvalue weighted by atomic mass is 10.2. The minimum absolute atomic E-state index is 0.983. The smallest absolute Gasteiger partial charge is 0.0951 e. The highest BCUT2D eigenvalue weighted by atomic mass is 79.9. The molecule has 3 rings (SSSR count). The Morgan fingerprint density at radius 2 is 1.05 bits per heavy atom. The molecule has 0 aliphatic carbocycles. The van der Waals surface area contributed by atoms with Crippen molar-refractivity contribution in [3.63, 3.8) is 0 Å². The first kappa shape index (κ1) is 15.3. The summed E-state index contributed by atoms with van der Waals surface area (Å²) in [6.45, 7) is 2.15. The van der Waals surface area contributed by atoms with Crippen molar-refractivity contribution in [3.8, 4) is 0 Å². The first-order valence-corrected chi connectivity index (χ1v) is 10.8. The molecule has 22 heavy (non-hydrogen) atoms. The Labute approximate surface area is 142 Å². The van der Waals surface area contributed by atoms with E-state index in [4.69, 9.17) is 0 Å². The first-order valence-electron chi connectivity index (χ1n) is 7.51. The van der Waals surface area contributed by atoms with Gasteiger partial charge in [0.1, 0.15) is 0 Å². The zero-order valence-corrected chi connectivity index (χ0v) is 15.3. The van der Waals surface area contributed by atoms with Crippen LogP contribution in [0.15, 0.2) is 84.9 Å². The van der Waals surface area contributed by atoms with E-state index in [1.807, 2.05) is 0 Å². The number of aryl methyl sites for hydroxylation is 1. The van der Waals surface area contributed by atoms with Gasteiger partial charge in [-0.05, 0) is 22.5 Å². The zero-order chi connectivity index (χ0) is 15.4.